The summed E-state index contributed by atoms with van der Waals surface area (Å²) in [4.78, 5) is 17.9. The molecule has 3 aromatic carbocycles. The summed E-state index contributed by atoms with van der Waals surface area (Å²) in [5, 5.41) is 12.9. The van der Waals surface area contributed by atoms with Crippen molar-refractivity contribution >= 4 is 11.5 Å². The summed E-state index contributed by atoms with van der Waals surface area (Å²) in [6.45, 7) is -0.142. The van der Waals surface area contributed by atoms with Gasteiger partial charge in [-0.2, -0.15) is 0 Å². The Labute approximate surface area is 180 Å². The Kier molecular flexibility index (Phi) is 6.10. The molecule has 4 aromatic rings. The van der Waals surface area contributed by atoms with Gasteiger partial charge >= 0.3 is 0 Å². The first-order valence-corrected chi connectivity index (χ1v) is 9.83. The number of rotatable bonds is 8. The number of anilines is 1. The first-order chi connectivity index (χ1) is 15.2. The van der Waals surface area contributed by atoms with Gasteiger partial charge in [0.15, 0.2) is 17.8 Å². The van der Waals surface area contributed by atoms with Crippen LogP contribution in [-0.2, 0) is 6.61 Å². The van der Waals surface area contributed by atoms with Crippen LogP contribution in [0.2, 0.25) is 0 Å². The van der Waals surface area contributed by atoms with Crippen LogP contribution in [0.5, 0.6) is 5.75 Å². The second-order valence-corrected chi connectivity index (χ2v) is 6.98. The molecule has 0 amide bonds. The summed E-state index contributed by atoms with van der Waals surface area (Å²) in [6.07, 6.45) is 1.28. The summed E-state index contributed by atoms with van der Waals surface area (Å²) in [5.41, 5.74) is 3.13. The molecule has 0 saturated heterocycles. The van der Waals surface area contributed by atoms with Gasteiger partial charge in [-0.3, -0.25) is 4.79 Å². The molecule has 31 heavy (non-hydrogen) atoms. The minimum Gasteiger partial charge on any atom is -0.497 e. The lowest BCUT2D eigenvalue weighted by Gasteiger charge is -2.20. The van der Waals surface area contributed by atoms with Crippen LogP contribution >= 0.6 is 0 Å². The molecule has 156 valence electrons. The van der Waals surface area contributed by atoms with Crippen LogP contribution in [0.15, 0.2) is 89.7 Å². The number of methoxy groups -OCH3 is 1. The van der Waals surface area contributed by atoms with Gasteiger partial charge in [0.1, 0.15) is 11.8 Å². The van der Waals surface area contributed by atoms with Crippen molar-refractivity contribution in [2.24, 2.45) is 0 Å². The Morgan fingerprint density at radius 3 is 2.45 bits per heavy atom. The van der Waals surface area contributed by atoms with Crippen LogP contribution in [0.1, 0.15) is 27.7 Å². The van der Waals surface area contributed by atoms with Gasteiger partial charge in [0.05, 0.1) is 13.7 Å². The third kappa shape index (κ3) is 4.49. The van der Waals surface area contributed by atoms with Crippen molar-refractivity contribution in [1.29, 1.82) is 0 Å². The summed E-state index contributed by atoms with van der Waals surface area (Å²) in [5.74, 6) is 0.780. The van der Waals surface area contributed by atoms with E-state index < -0.39 is 6.04 Å². The van der Waals surface area contributed by atoms with E-state index in [4.69, 9.17) is 9.15 Å². The Hall–Kier alpha value is -3.90. The zero-order valence-corrected chi connectivity index (χ0v) is 17.0. The molecule has 0 radical (unpaired) electrons. The van der Waals surface area contributed by atoms with Gasteiger partial charge in [-0.15, -0.1) is 0 Å². The quantitative estimate of drug-likeness (QED) is 0.400. The van der Waals surface area contributed by atoms with Crippen molar-refractivity contribution in [1.82, 2.24) is 4.98 Å². The number of hydrogen-bond donors (Lipinski definition) is 2. The Balaban J connectivity index is 1.74. The minimum atomic E-state index is -0.715. The van der Waals surface area contributed by atoms with Crippen molar-refractivity contribution in [3.05, 3.63) is 102 Å². The highest BCUT2D eigenvalue weighted by Crippen LogP contribution is 2.31. The SMILES string of the molecule is COc1cc(CO)cc(NC(C(=O)c2ncoc2-c2ccccc2)c2ccccc2)c1. The van der Waals surface area contributed by atoms with Crippen LogP contribution in [-0.4, -0.2) is 23.0 Å². The molecule has 1 aromatic heterocycles. The van der Waals surface area contributed by atoms with Crippen LogP contribution < -0.4 is 10.1 Å². The van der Waals surface area contributed by atoms with E-state index in [9.17, 15) is 9.90 Å². The highest BCUT2D eigenvalue weighted by atomic mass is 16.5. The van der Waals surface area contributed by atoms with E-state index in [1.807, 2.05) is 60.7 Å². The lowest BCUT2D eigenvalue weighted by Crippen LogP contribution is -2.22. The number of aliphatic hydroxyl groups excluding tert-OH is 1. The first kappa shape index (κ1) is 20.4. The number of nitrogens with one attached hydrogen (secondary N) is 1. The lowest BCUT2D eigenvalue weighted by molar-refractivity contribution is 0.0965. The van der Waals surface area contributed by atoms with Crippen molar-refractivity contribution in [3.63, 3.8) is 0 Å². The fourth-order valence-electron chi connectivity index (χ4n) is 3.42. The highest BCUT2D eigenvalue weighted by Gasteiger charge is 2.28. The van der Waals surface area contributed by atoms with Gasteiger partial charge < -0.3 is 19.6 Å². The van der Waals surface area contributed by atoms with Crippen molar-refractivity contribution in [3.8, 4) is 17.1 Å². The van der Waals surface area contributed by atoms with E-state index in [0.717, 1.165) is 11.1 Å². The fourth-order valence-corrected chi connectivity index (χ4v) is 3.42. The summed E-state index contributed by atoms with van der Waals surface area (Å²) in [6, 6.07) is 23.4. The number of ketones is 1. The maximum absolute atomic E-state index is 13.6. The zero-order chi connectivity index (χ0) is 21.6. The molecule has 0 aliphatic rings. The van der Waals surface area contributed by atoms with Crippen molar-refractivity contribution < 1.29 is 19.1 Å². The maximum Gasteiger partial charge on any atom is 0.211 e. The van der Waals surface area contributed by atoms with E-state index in [0.29, 0.717) is 22.8 Å². The number of carbonyl (C=O) groups excluding carboxylic acids is 1. The van der Waals surface area contributed by atoms with E-state index >= 15 is 0 Å². The van der Waals surface area contributed by atoms with E-state index in [-0.39, 0.29) is 18.1 Å². The normalized spacial score (nSPS) is 11.7. The summed E-state index contributed by atoms with van der Waals surface area (Å²) < 4.78 is 10.9. The molecule has 0 aliphatic heterocycles. The third-order valence-electron chi connectivity index (χ3n) is 4.93. The first-order valence-electron chi connectivity index (χ1n) is 9.83. The van der Waals surface area contributed by atoms with E-state index in [1.54, 1.807) is 25.3 Å². The molecule has 6 nitrogen and oxygen atoms in total. The zero-order valence-electron chi connectivity index (χ0n) is 17.0. The van der Waals surface area contributed by atoms with Gasteiger partial charge in [-0.25, -0.2) is 4.98 Å². The number of oxazole rings is 1. The number of ether oxygens (including phenoxy) is 1. The van der Waals surface area contributed by atoms with Crippen LogP contribution in [0.4, 0.5) is 5.69 Å². The van der Waals surface area contributed by atoms with Gasteiger partial charge in [0.25, 0.3) is 0 Å². The number of nitrogens with zero attached hydrogens (tertiary/aromatic N) is 1. The Morgan fingerprint density at radius 2 is 1.77 bits per heavy atom. The molecule has 0 bridgehead atoms. The predicted octanol–water partition coefficient (Wildman–Crippen LogP) is 4.88. The molecular weight excluding hydrogens is 392 g/mol. The second-order valence-electron chi connectivity index (χ2n) is 6.98. The average molecular weight is 414 g/mol. The van der Waals surface area contributed by atoms with Crippen LogP contribution in [0.3, 0.4) is 0 Å². The van der Waals surface area contributed by atoms with Crippen molar-refractivity contribution in [2.75, 3.05) is 12.4 Å². The standard InChI is InChI=1S/C25H22N2O4/c1-30-21-13-17(15-28)12-20(14-21)27-22(18-8-4-2-5-9-18)24(29)23-25(31-16-26-23)19-10-6-3-7-11-19/h2-14,16,22,27-28H,15H2,1H3. The van der Waals surface area contributed by atoms with Crippen molar-refractivity contribution in [2.45, 2.75) is 12.6 Å². The third-order valence-corrected chi connectivity index (χ3v) is 4.93. The molecule has 0 fully saturated rings. The van der Waals surface area contributed by atoms with E-state index in [1.165, 1.54) is 6.39 Å². The molecule has 6 heteroatoms. The topological polar surface area (TPSA) is 84.6 Å². The fraction of sp³-hybridized carbons (Fsp3) is 0.120. The molecule has 2 N–H and O–H groups in total. The minimum absolute atomic E-state index is 0.142. The Bertz CT molecular complexity index is 1130. The molecule has 1 heterocycles. The number of aromatic nitrogens is 1. The number of aliphatic hydroxyl groups is 1. The molecular formula is C25H22N2O4. The number of benzene rings is 3. The van der Waals surface area contributed by atoms with Gasteiger partial charge in [-0.1, -0.05) is 60.7 Å². The summed E-state index contributed by atoms with van der Waals surface area (Å²) >= 11 is 0. The molecule has 0 aliphatic carbocycles. The van der Waals surface area contributed by atoms with E-state index in [2.05, 4.69) is 10.3 Å². The smallest absolute Gasteiger partial charge is 0.211 e. The molecule has 0 spiro atoms. The van der Waals surface area contributed by atoms with Gasteiger partial charge in [-0.05, 0) is 23.3 Å². The monoisotopic (exact) mass is 414 g/mol. The van der Waals surface area contributed by atoms with Gasteiger partial charge in [0, 0.05) is 17.3 Å². The average Bonchev–Trinajstić information content (AvgIpc) is 3.33. The molecule has 1 atom stereocenters. The van der Waals surface area contributed by atoms with Crippen LogP contribution in [0.25, 0.3) is 11.3 Å². The number of Topliss-reactive ketones (excluding diaryl/α,β-unsaturated/α-hetero) is 1. The van der Waals surface area contributed by atoms with Crippen LogP contribution in [0, 0.1) is 0 Å². The lowest BCUT2D eigenvalue weighted by atomic mass is 9.98. The molecule has 0 saturated carbocycles. The molecule has 4 rings (SSSR count). The molecule has 1 unspecified atom stereocenters. The second kappa shape index (κ2) is 9.28. The Morgan fingerprint density at radius 1 is 1.06 bits per heavy atom. The number of hydrogen-bond acceptors (Lipinski definition) is 6. The predicted molar refractivity (Wildman–Crippen MR) is 118 cm³/mol. The summed E-state index contributed by atoms with van der Waals surface area (Å²) in [7, 11) is 1.56. The largest absolute Gasteiger partial charge is 0.497 e. The number of carbonyl (C=O) groups is 1. The van der Waals surface area contributed by atoms with Gasteiger partial charge in [0.2, 0.25) is 5.78 Å². The maximum atomic E-state index is 13.6. The highest BCUT2D eigenvalue weighted by molar-refractivity contribution is 6.04.